The number of thiophene rings is 1. The molecule has 0 spiro atoms. The van der Waals surface area contributed by atoms with E-state index < -0.39 is 0 Å². The van der Waals surface area contributed by atoms with Crippen LogP contribution in [0.25, 0.3) is 0 Å². The second-order valence-corrected chi connectivity index (χ2v) is 6.16. The van der Waals surface area contributed by atoms with Crippen LogP contribution in [0, 0.1) is 0 Å². The summed E-state index contributed by atoms with van der Waals surface area (Å²) in [6.45, 7) is 1.53. The SMILES string of the molecule is NC(=NCCCc1ccccc1Cl)NCCc1cccs1. The molecule has 2 rings (SSSR count). The van der Waals surface area contributed by atoms with E-state index in [9.17, 15) is 0 Å². The van der Waals surface area contributed by atoms with Crippen LogP contribution in [0.5, 0.6) is 0 Å². The van der Waals surface area contributed by atoms with Crippen molar-refractivity contribution in [1.29, 1.82) is 0 Å². The monoisotopic (exact) mass is 321 g/mol. The summed E-state index contributed by atoms with van der Waals surface area (Å²) in [5.41, 5.74) is 7.00. The topological polar surface area (TPSA) is 50.4 Å². The lowest BCUT2D eigenvalue weighted by molar-refractivity contribution is 0.810. The van der Waals surface area contributed by atoms with Crippen molar-refractivity contribution in [2.45, 2.75) is 19.3 Å². The summed E-state index contributed by atoms with van der Waals surface area (Å²) in [7, 11) is 0. The first kappa shape index (κ1) is 15.9. The molecule has 1 heterocycles. The molecule has 21 heavy (non-hydrogen) atoms. The minimum atomic E-state index is 0.519. The number of rotatable bonds is 7. The van der Waals surface area contributed by atoms with E-state index in [0.717, 1.165) is 30.8 Å². The van der Waals surface area contributed by atoms with Crippen LogP contribution in [-0.2, 0) is 12.8 Å². The van der Waals surface area contributed by atoms with Gasteiger partial charge >= 0.3 is 0 Å². The van der Waals surface area contributed by atoms with Gasteiger partial charge in [0.1, 0.15) is 0 Å². The van der Waals surface area contributed by atoms with Gasteiger partial charge in [-0.15, -0.1) is 11.3 Å². The Labute approximate surface area is 134 Å². The number of aryl methyl sites for hydroxylation is 1. The molecular weight excluding hydrogens is 302 g/mol. The van der Waals surface area contributed by atoms with Crippen molar-refractivity contribution in [3.05, 3.63) is 57.2 Å². The van der Waals surface area contributed by atoms with Gasteiger partial charge in [-0.05, 0) is 42.3 Å². The molecule has 0 amide bonds. The minimum Gasteiger partial charge on any atom is -0.370 e. The predicted octanol–water partition coefficient (Wildman–Crippen LogP) is 3.48. The van der Waals surface area contributed by atoms with Crippen molar-refractivity contribution in [3.8, 4) is 0 Å². The van der Waals surface area contributed by atoms with Crippen molar-refractivity contribution >= 4 is 28.9 Å². The van der Waals surface area contributed by atoms with Crippen LogP contribution in [0.2, 0.25) is 5.02 Å². The molecule has 0 atom stereocenters. The van der Waals surface area contributed by atoms with Crippen molar-refractivity contribution in [1.82, 2.24) is 5.32 Å². The van der Waals surface area contributed by atoms with Gasteiger partial charge in [-0.2, -0.15) is 0 Å². The Morgan fingerprint density at radius 2 is 2.05 bits per heavy atom. The van der Waals surface area contributed by atoms with Crippen molar-refractivity contribution < 1.29 is 0 Å². The maximum atomic E-state index is 6.11. The van der Waals surface area contributed by atoms with Crippen molar-refractivity contribution in [2.24, 2.45) is 10.7 Å². The first-order chi connectivity index (χ1) is 10.3. The Bertz CT molecular complexity index is 567. The molecule has 2 aromatic rings. The third-order valence-corrected chi connectivity index (χ3v) is 4.41. The number of halogens is 1. The van der Waals surface area contributed by atoms with Gasteiger partial charge in [0, 0.05) is 23.0 Å². The first-order valence-corrected chi connectivity index (χ1v) is 8.31. The van der Waals surface area contributed by atoms with Crippen LogP contribution in [-0.4, -0.2) is 19.0 Å². The van der Waals surface area contributed by atoms with Crippen molar-refractivity contribution in [2.75, 3.05) is 13.1 Å². The van der Waals surface area contributed by atoms with Crippen LogP contribution in [0.1, 0.15) is 16.9 Å². The van der Waals surface area contributed by atoms with Crippen LogP contribution >= 0.6 is 22.9 Å². The fourth-order valence-electron chi connectivity index (χ4n) is 1.99. The number of hydrogen-bond acceptors (Lipinski definition) is 2. The second kappa shape index (κ2) is 8.70. The van der Waals surface area contributed by atoms with Gasteiger partial charge < -0.3 is 11.1 Å². The van der Waals surface area contributed by atoms with Gasteiger partial charge in [0.25, 0.3) is 0 Å². The summed E-state index contributed by atoms with van der Waals surface area (Å²) in [5.74, 6) is 0.519. The van der Waals surface area contributed by atoms with Crippen LogP contribution < -0.4 is 11.1 Å². The fourth-order valence-corrected chi connectivity index (χ4v) is 2.93. The molecule has 1 aromatic heterocycles. The van der Waals surface area contributed by atoms with E-state index in [0.29, 0.717) is 12.5 Å². The Kier molecular flexibility index (Phi) is 6.57. The van der Waals surface area contributed by atoms with E-state index in [1.165, 1.54) is 10.4 Å². The number of nitrogens with two attached hydrogens (primary N) is 1. The predicted molar refractivity (Wildman–Crippen MR) is 92.3 cm³/mol. The average Bonchev–Trinajstić information content (AvgIpc) is 2.98. The second-order valence-electron chi connectivity index (χ2n) is 4.72. The van der Waals surface area contributed by atoms with Crippen LogP contribution in [0.3, 0.4) is 0 Å². The molecule has 0 radical (unpaired) electrons. The molecule has 112 valence electrons. The largest absolute Gasteiger partial charge is 0.370 e. The molecule has 0 aliphatic rings. The number of benzene rings is 1. The van der Waals surface area contributed by atoms with E-state index in [1.807, 2.05) is 18.2 Å². The van der Waals surface area contributed by atoms with E-state index in [2.05, 4.69) is 33.9 Å². The lowest BCUT2D eigenvalue weighted by Gasteiger charge is -2.05. The summed E-state index contributed by atoms with van der Waals surface area (Å²) in [5, 5.41) is 6.05. The lowest BCUT2D eigenvalue weighted by Crippen LogP contribution is -2.33. The Morgan fingerprint density at radius 1 is 1.19 bits per heavy atom. The Morgan fingerprint density at radius 3 is 2.81 bits per heavy atom. The van der Waals surface area contributed by atoms with E-state index in [-0.39, 0.29) is 0 Å². The van der Waals surface area contributed by atoms with Gasteiger partial charge in [-0.25, -0.2) is 0 Å². The zero-order valence-corrected chi connectivity index (χ0v) is 13.5. The normalized spacial score (nSPS) is 11.6. The Balaban J connectivity index is 1.63. The highest BCUT2D eigenvalue weighted by Crippen LogP contribution is 2.16. The molecule has 0 unspecified atom stereocenters. The molecule has 0 saturated carbocycles. The molecule has 1 aromatic carbocycles. The number of nitrogens with one attached hydrogen (secondary N) is 1. The fraction of sp³-hybridized carbons (Fsp3) is 0.312. The number of aliphatic imine (C=N–C) groups is 1. The van der Waals surface area contributed by atoms with Gasteiger partial charge in [-0.1, -0.05) is 35.9 Å². The van der Waals surface area contributed by atoms with Crippen molar-refractivity contribution in [3.63, 3.8) is 0 Å². The molecule has 0 aliphatic carbocycles. The summed E-state index contributed by atoms with van der Waals surface area (Å²) in [4.78, 5) is 5.69. The molecule has 3 N–H and O–H groups in total. The molecule has 0 saturated heterocycles. The maximum absolute atomic E-state index is 6.11. The highest BCUT2D eigenvalue weighted by atomic mass is 35.5. The maximum Gasteiger partial charge on any atom is 0.188 e. The summed E-state index contributed by atoms with van der Waals surface area (Å²) >= 11 is 7.87. The average molecular weight is 322 g/mol. The summed E-state index contributed by atoms with van der Waals surface area (Å²) in [6, 6.07) is 12.1. The summed E-state index contributed by atoms with van der Waals surface area (Å²) in [6.07, 6.45) is 2.84. The smallest absolute Gasteiger partial charge is 0.188 e. The first-order valence-electron chi connectivity index (χ1n) is 7.05. The molecule has 0 aliphatic heterocycles. The van der Waals surface area contributed by atoms with Crippen LogP contribution in [0.15, 0.2) is 46.8 Å². The zero-order chi connectivity index (χ0) is 14.9. The molecular formula is C16H20ClN3S. The molecule has 3 nitrogen and oxygen atoms in total. The highest BCUT2D eigenvalue weighted by molar-refractivity contribution is 7.09. The summed E-state index contributed by atoms with van der Waals surface area (Å²) < 4.78 is 0. The molecule has 5 heteroatoms. The molecule has 0 bridgehead atoms. The van der Waals surface area contributed by atoms with Gasteiger partial charge in [0.05, 0.1) is 0 Å². The Hall–Kier alpha value is -1.52. The zero-order valence-electron chi connectivity index (χ0n) is 11.9. The molecule has 0 fully saturated rings. The van der Waals surface area contributed by atoms with Crippen LogP contribution in [0.4, 0.5) is 0 Å². The van der Waals surface area contributed by atoms with E-state index >= 15 is 0 Å². The quantitative estimate of drug-likeness (QED) is 0.466. The lowest BCUT2D eigenvalue weighted by atomic mass is 10.1. The third-order valence-electron chi connectivity index (χ3n) is 3.10. The number of hydrogen-bond donors (Lipinski definition) is 2. The highest BCUT2D eigenvalue weighted by Gasteiger charge is 1.98. The third kappa shape index (κ3) is 5.78. The van der Waals surface area contributed by atoms with Gasteiger partial charge in [0.15, 0.2) is 5.96 Å². The minimum absolute atomic E-state index is 0.519. The van der Waals surface area contributed by atoms with E-state index in [1.54, 1.807) is 11.3 Å². The standard InChI is InChI=1S/C16H20ClN3S/c17-15-8-2-1-5-13(15)6-3-10-19-16(18)20-11-9-14-7-4-12-21-14/h1-2,4-5,7-8,12H,3,6,9-11H2,(H3,18,19,20). The van der Waals surface area contributed by atoms with E-state index in [4.69, 9.17) is 17.3 Å². The van der Waals surface area contributed by atoms with Gasteiger partial charge in [0.2, 0.25) is 0 Å². The number of nitrogens with zero attached hydrogens (tertiary/aromatic N) is 1. The van der Waals surface area contributed by atoms with Gasteiger partial charge in [-0.3, -0.25) is 4.99 Å². The number of guanidine groups is 1.